The Hall–Kier alpha value is 0.810. The lowest BCUT2D eigenvalue weighted by atomic mass is 10.3. The third-order valence-corrected chi connectivity index (χ3v) is 6.09. The molecule has 1 rings (SSSR count). The van der Waals surface area contributed by atoms with E-state index in [9.17, 15) is 0 Å². The monoisotopic (exact) mass is 483 g/mol. The van der Waals surface area contributed by atoms with E-state index in [4.69, 9.17) is 14.2 Å². The van der Waals surface area contributed by atoms with Gasteiger partial charge in [0.2, 0.25) is 0 Å². The van der Waals surface area contributed by atoms with Crippen LogP contribution in [0, 0.1) is 0 Å². The van der Waals surface area contributed by atoms with Crippen LogP contribution in [0.25, 0.3) is 0 Å². The van der Waals surface area contributed by atoms with Crippen LogP contribution in [0.15, 0.2) is 0 Å². The van der Waals surface area contributed by atoms with Crippen molar-refractivity contribution in [3.05, 3.63) is 0 Å². The van der Waals surface area contributed by atoms with Crippen LogP contribution in [0.3, 0.4) is 0 Å². The number of hydrogen-bond donors (Lipinski definition) is 3. The molecular weight excluding hydrogens is 438 g/mol. The number of rotatable bonds is 15. The highest BCUT2D eigenvalue weighted by atomic mass is 32.1. The summed E-state index contributed by atoms with van der Waals surface area (Å²) in [5.41, 5.74) is 0. The van der Waals surface area contributed by atoms with Gasteiger partial charge in [0.15, 0.2) is 0 Å². The molecule has 30 heavy (non-hydrogen) atoms. The van der Waals surface area contributed by atoms with E-state index < -0.39 is 0 Å². The fourth-order valence-electron chi connectivity index (χ4n) is 3.07. The van der Waals surface area contributed by atoms with Gasteiger partial charge in [-0.2, -0.15) is 37.9 Å². The van der Waals surface area contributed by atoms with Gasteiger partial charge < -0.3 is 14.2 Å². The van der Waals surface area contributed by atoms with E-state index in [0.717, 1.165) is 39.3 Å². The van der Waals surface area contributed by atoms with E-state index >= 15 is 0 Å². The van der Waals surface area contributed by atoms with Gasteiger partial charge in [-0.05, 0) is 40.0 Å². The average Bonchev–Trinajstić information content (AvgIpc) is 2.66. The normalized spacial score (nSPS) is 23.1. The fourth-order valence-corrected chi connectivity index (χ4v) is 3.38. The van der Waals surface area contributed by atoms with Gasteiger partial charge in [-0.15, -0.1) is 0 Å². The molecule has 0 aromatic heterocycles. The molecule has 1 heterocycles. The molecule has 0 radical (unpaired) electrons. The standard InChI is InChI=1S/C21H45N3O3S3/c1-16(28)7-10-25-19(4)22-13-23(20(5)26-11-8-17(2)29)15-24(14-22)21(6)27-12-9-18(3)30/h16-21,28-30H,7-15H2,1-6H3. The van der Waals surface area contributed by atoms with Gasteiger partial charge in [0.1, 0.15) is 18.7 Å². The first kappa shape index (κ1) is 28.8. The van der Waals surface area contributed by atoms with Crippen LogP contribution in [0.2, 0.25) is 0 Å². The first-order valence-electron chi connectivity index (χ1n) is 11.2. The topological polar surface area (TPSA) is 37.4 Å². The zero-order valence-corrected chi connectivity index (χ0v) is 22.4. The number of ether oxygens (including phenoxy) is 3. The molecule has 6 atom stereocenters. The van der Waals surface area contributed by atoms with Crippen LogP contribution in [0.4, 0.5) is 0 Å². The maximum absolute atomic E-state index is 6.10. The summed E-state index contributed by atoms with van der Waals surface area (Å²) in [6.45, 7) is 17.2. The molecule has 1 aliphatic heterocycles. The molecule has 9 heteroatoms. The Morgan fingerprint density at radius 3 is 0.967 bits per heavy atom. The number of hydrogen-bond acceptors (Lipinski definition) is 9. The highest BCUT2D eigenvalue weighted by Crippen LogP contribution is 2.19. The summed E-state index contributed by atoms with van der Waals surface area (Å²) in [5, 5.41) is 1.03. The average molecular weight is 484 g/mol. The van der Waals surface area contributed by atoms with Crippen LogP contribution in [-0.2, 0) is 14.2 Å². The van der Waals surface area contributed by atoms with E-state index in [0.29, 0.717) is 35.6 Å². The Balaban J connectivity index is 2.69. The van der Waals surface area contributed by atoms with Crippen LogP contribution in [0.5, 0.6) is 0 Å². The van der Waals surface area contributed by atoms with Gasteiger partial charge in [-0.25, -0.2) is 0 Å². The van der Waals surface area contributed by atoms with Crippen LogP contribution >= 0.6 is 37.9 Å². The fraction of sp³-hybridized carbons (Fsp3) is 1.00. The quantitative estimate of drug-likeness (QED) is 0.306. The van der Waals surface area contributed by atoms with Crippen molar-refractivity contribution in [1.82, 2.24) is 14.7 Å². The minimum atomic E-state index is 0.0108. The van der Waals surface area contributed by atoms with Crippen molar-refractivity contribution in [2.75, 3.05) is 39.8 Å². The van der Waals surface area contributed by atoms with Crippen LogP contribution in [-0.4, -0.2) is 89.0 Å². The summed E-state index contributed by atoms with van der Waals surface area (Å²) in [5.74, 6) is 0. The molecule has 0 spiro atoms. The minimum absolute atomic E-state index is 0.0108. The summed E-state index contributed by atoms with van der Waals surface area (Å²) >= 11 is 13.3. The molecule has 1 aliphatic rings. The molecule has 0 aromatic carbocycles. The lowest BCUT2D eigenvalue weighted by Gasteiger charge is -2.47. The van der Waals surface area contributed by atoms with E-state index in [1.807, 2.05) is 0 Å². The van der Waals surface area contributed by atoms with E-state index in [-0.39, 0.29) is 18.7 Å². The smallest absolute Gasteiger partial charge is 0.109 e. The lowest BCUT2D eigenvalue weighted by molar-refractivity contribution is -0.203. The van der Waals surface area contributed by atoms with Gasteiger partial charge in [-0.1, -0.05) is 20.8 Å². The van der Waals surface area contributed by atoms with E-state index in [2.05, 4.69) is 94.1 Å². The first-order chi connectivity index (χ1) is 14.1. The zero-order valence-electron chi connectivity index (χ0n) is 19.7. The highest BCUT2D eigenvalue weighted by molar-refractivity contribution is 7.81. The molecule has 1 saturated heterocycles. The molecular formula is C21H45N3O3S3. The summed E-state index contributed by atoms with van der Waals surface area (Å²) in [6, 6.07) is 0. The first-order valence-corrected chi connectivity index (χ1v) is 12.8. The second-order valence-corrected chi connectivity index (χ2v) is 11.2. The molecule has 1 fully saturated rings. The lowest BCUT2D eigenvalue weighted by Crippen LogP contribution is -2.62. The summed E-state index contributed by atoms with van der Waals surface area (Å²) in [7, 11) is 0. The molecule has 0 saturated carbocycles. The van der Waals surface area contributed by atoms with Gasteiger partial charge in [-0.3, -0.25) is 14.7 Å². The van der Waals surface area contributed by atoms with Gasteiger partial charge in [0.25, 0.3) is 0 Å². The second-order valence-electron chi connectivity index (χ2n) is 8.51. The largest absolute Gasteiger partial charge is 0.363 e. The van der Waals surface area contributed by atoms with Crippen molar-refractivity contribution in [1.29, 1.82) is 0 Å². The summed E-state index contributed by atoms with van der Waals surface area (Å²) in [6.07, 6.45) is 2.86. The van der Waals surface area contributed by atoms with Gasteiger partial charge in [0, 0.05) is 35.6 Å². The third kappa shape index (κ3) is 12.2. The van der Waals surface area contributed by atoms with Crippen molar-refractivity contribution in [2.24, 2.45) is 0 Å². The zero-order chi connectivity index (χ0) is 22.7. The Bertz CT molecular complexity index is 379. The third-order valence-electron chi connectivity index (χ3n) is 5.32. The minimum Gasteiger partial charge on any atom is -0.363 e. The predicted molar refractivity (Wildman–Crippen MR) is 136 cm³/mol. The van der Waals surface area contributed by atoms with Crippen molar-refractivity contribution < 1.29 is 14.2 Å². The number of nitrogens with zero attached hydrogens (tertiary/aromatic N) is 3. The molecule has 0 N–H and O–H groups in total. The van der Waals surface area contributed by atoms with E-state index in [1.54, 1.807) is 0 Å². The van der Waals surface area contributed by atoms with Crippen molar-refractivity contribution in [3.63, 3.8) is 0 Å². The molecule has 0 aliphatic carbocycles. The van der Waals surface area contributed by atoms with E-state index in [1.165, 1.54) is 0 Å². The molecule has 0 amide bonds. The predicted octanol–water partition coefficient (Wildman–Crippen LogP) is 3.99. The Kier molecular flexibility index (Phi) is 15.0. The van der Waals surface area contributed by atoms with Crippen LogP contribution < -0.4 is 0 Å². The maximum Gasteiger partial charge on any atom is 0.109 e. The highest BCUT2D eigenvalue weighted by Gasteiger charge is 2.32. The van der Waals surface area contributed by atoms with Gasteiger partial charge in [0.05, 0.1) is 20.0 Å². The maximum atomic E-state index is 6.10. The van der Waals surface area contributed by atoms with Crippen LogP contribution in [0.1, 0.15) is 60.8 Å². The SMILES string of the molecule is CC(S)CCOC(C)N1CN(C(C)OCCC(C)S)CN(C(C)OCCC(C)S)C1. The van der Waals surface area contributed by atoms with Crippen molar-refractivity contribution in [2.45, 2.75) is 95.2 Å². The Morgan fingerprint density at radius 2 is 0.767 bits per heavy atom. The van der Waals surface area contributed by atoms with Gasteiger partial charge >= 0.3 is 0 Å². The summed E-state index contributed by atoms with van der Waals surface area (Å²) < 4.78 is 18.3. The summed E-state index contributed by atoms with van der Waals surface area (Å²) in [4.78, 5) is 6.98. The second kappa shape index (κ2) is 15.6. The molecule has 0 bridgehead atoms. The molecule has 180 valence electrons. The molecule has 0 aromatic rings. The Morgan fingerprint density at radius 1 is 0.533 bits per heavy atom. The number of thiol groups is 3. The van der Waals surface area contributed by atoms with Crippen molar-refractivity contribution >= 4 is 37.9 Å². The molecule has 6 nitrogen and oxygen atoms in total. The van der Waals surface area contributed by atoms with Crippen molar-refractivity contribution in [3.8, 4) is 0 Å². The molecule has 6 unspecified atom stereocenters. The Labute approximate surface area is 201 Å².